The fourth-order valence-corrected chi connectivity index (χ4v) is 4.50. The van der Waals surface area contributed by atoms with E-state index in [9.17, 15) is 9.59 Å². The van der Waals surface area contributed by atoms with Gasteiger partial charge in [-0.1, -0.05) is 18.2 Å². The fourth-order valence-electron chi connectivity index (χ4n) is 4.50. The third-order valence-electron chi connectivity index (χ3n) is 5.96. The van der Waals surface area contributed by atoms with Gasteiger partial charge in [-0.05, 0) is 70.6 Å². The largest absolute Gasteiger partial charge is 0.444 e. The summed E-state index contributed by atoms with van der Waals surface area (Å²) in [6.45, 7) is 8.14. The fraction of sp³-hybridized carbons (Fsp3) is 0.565. The van der Waals surface area contributed by atoms with Crippen LogP contribution in [-0.4, -0.2) is 52.9 Å². The van der Waals surface area contributed by atoms with Gasteiger partial charge in [0.25, 0.3) is 5.91 Å². The molecular formula is C23H33N3O4. The van der Waals surface area contributed by atoms with Crippen molar-refractivity contribution in [2.75, 3.05) is 24.5 Å². The number of amides is 2. The Kier molecular flexibility index (Phi) is 6.71. The van der Waals surface area contributed by atoms with Crippen LogP contribution in [-0.2, 0) is 9.53 Å². The topological polar surface area (TPSA) is 82.1 Å². The van der Waals surface area contributed by atoms with Crippen LogP contribution >= 0.6 is 0 Å². The average Bonchev–Trinajstić information content (AvgIpc) is 2.72. The molecule has 0 radical (unpaired) electrons. The van der Waals surface area contributed by atoms with E-state index in [2.05, 4.69) is 4.90 Å². The molecule has 0 atom stereocenters. The molecule has 164 valence electrons. The monoisotopic (exact) mass is 415 g/mol. The highest BCUT2D eigenvalue weighted by molar-refractivity contribution is 5.91. The maximum Gasteiger partial charge on any atom is 0.410 e. The minimum absolute atomic E-state index is 0.140. The second-order valence-electron chi connectivity index (χ2n) is 9.17. The van der Waals surface area contributed by atoms with Crippen LogP contribution in [0.5, 0.6) is 0 Å². The lowest BCUT2D eigenvalue weighted by Gasteiger charge is -2.51. The van der Waals surface area contributed by atoms with Crippen molar-refractivity contribution in [3.8, 4) is 0 Å². The molecule has 0 unspecified atom stereocenters. The van der Waals surface area contributed by atoms with Gasteiger partial charge in [0.1, 0.15) is 5.60 Å². The Balaban J connectivity index is 1.74. The number of likely N-dealkylation sites (tertiary alicyclic amines) is 1. The third-order valence-corrected chi connectivity index (χ3v) is 5.96. The van der Waals surface area contributed by atoms with Crippen molar-refractivity contribution in [1.82, 2.24) is 10.4 Å². The molecule has 2 aliphatic heterocycles. The molecular weight excluding hydrogens is 382 g/mol. The number of hydrogen-bond donors (Lipinski definition) is 2. The van der Waals surface area contributed by atoms with Crippen LogP contribution in [0.25, 0.3) is 6.08 Å². The number of rotatable bonds is 3. The molecule has 1 aromatic carbocycles. The van der Waals surface area contributed by atoms with Gasteiger partial charge in [-0.2, -0.15) is 0 Å². The Bertz CT molecular complexity index is 792. The van der Waals surface area contributed by atoms with E-state index >= 15 is 0 Å². The first-order chi connectivity index (χ1) is 14.2. The summed E-state index contributed by atoms with van der Waals surface area (Å²) >= 11 is 0. The normalized spacial score (nSPS) is 19.2. The molecule has 0 bridgehead atoms. The van der Waals surface area contributed by atoms with Crippen molar-refractivity contribution in [1.29, 1.82) is 0 Å². The van der Waals surface area contributed by atoms with Crippen LogP contribution < -0.4 is 10.4 Å². The Morgan fingerprint density at radius 3 is 2.47 bits per heavy atom. The maximum absolute atomic E-state index is 12.9. The highest BCUT2D eigenvalue weighted by Crippen LogP contribution is 2.39. The van der Waals surface area contributed by atoms with Gasteiger partial charge < -0.3 is 14.5 Å². The minimum atomic E-state index is -0.558. The molecule has 1 spiro atoms. The summed E-state index contributed by atoms with van der Waals surface area (Å²) in [7, 11) is 0. The molecule has 3 rings (SSSR count). The second kappa shape index (κ2) is 9.08. The van der Waals surface area contributed by atoms with E-state index in [1.54, 1.807) is 11.6 Å². The van der Waals surface area contributed by atoms with Crippen molar-refractivity contribution in [2.45, 2.75) is 64.0 Å². The zero-order valence-corrected chi connectivity index (χ0v) is 18.2. The molecule has 2 saturated heterocycles. The van der Waals surface area contributed by atoms with E-state index in [0.717, 1.165) is 63.0 Å². The maximum atomic E-state index is 12.9. The van der Waals surface area contributed by atoms with Crippen molar-refractivity contribution in [2.24, 2.45) is 0 Å². The number of carbonyl (C=O) groups excluding carboxylic acids is 2. The first-order valence-corrected chi connectivity index (χ1v) is 10.7. The van der Waals surface area contributed by atoms with Crippen LogP contribution in [0, 0.1) is 0 Å². The van der Waals surface area contributed by atoms with Crippen molar-refractivity contribution in [3.63, 3.8) is 0 Å². The quantitative estimate of drug-likeness (QED) is 0.444. The lowest BCUT2D eigenvalue weighted by atomic mass is 9.78. The van der Waals surface area contributed by atoms with Gasteiger partial charge in [0.2, 0.25) is 0 Å². The Labute approximate surface area is 178 Å². The van der Waals surface area contributed by atoms with E-state index < -0.39 is 11.5 Å². The minimum Gasteiger partial charge on any atom is -0.444 e. The Hall–Kier alpha value is -2.54. The summed E-state index contributed by atoms with van der Waals surface area (Å²) in [6, 6.07) is 7.91. The van der Waals surface area contributed by atoms with Gasteiger partial charge in [-0.3, -0.25) is 10.0 Å². The molecule has 7 heteroatoms. The number of ether oxygens (including phenoxy) is 1. The number of anilines is 1. The van der Waals surface area contributed by atoms with Crippen LogP contribution in [0.2, 0.25) is 0 Å². The molecule has 2 amide bonds. The number of hydroxylamine groups is 1. The van der Waals surface area contributed by atoms with Gasteiger partial charge in [-0.15, -0.1) is 0 Å². The summed E-state index contributed by atoms with van der Waals surface area (Å²) in [5.74, 6) is -0.558. The molecule has 0 aromatic heterocycles. The van der Waals surface area contributed by atoms with Crippen molar-refractivity contribution >= 4 is 23.8 Å². The lowest BCUT2D eigenvalue weighted by Crippen LogP contribution is -2.60. The molecule has 2 N–H and O–H groups in total. The standard InChI is InChI=1S/C23H33N3O4/c1-22(2,3)30-21(28)26-15-7-6-12-23(26)13-16-25(17-14-23)19-9-5-4-8-18(19)10-11-20(27)24-29/h4-5,8-11,29H,6-7,12-17H2,1-3H3,(H,24,27)/b11-10+. The van der Waals surface area contributed by atoms with Crippen LogP contribution in [0.3, 0.4) is 0 Å². The smallest absolute Gasteiger partial charge is 0.410 e. The second-order valence-corrected chi connectivity index (χ2v) is 9.17. The van der Waals surface area contributed by atoms with E-state index in [-0.39, 0.29) is 11.6 Å². The average molecular weight is 416 g/mol. The van der Waals surface area contributed by atoms with E-state index in [4.69, 9.17) is 9.94 Å². The van der Waals surface area contributed by atoms with Crippen LogP contribution in [0.1, 0.15) is 58.4 Å². The summed E-state index contributed by atoms with van der Waals surface area (Å²) in [6.07, 6.45) is 7.77. The van der Waals surface area contributed by atoms with Gasteiger partial charge in [0.15, 0.2) is 0 Å². The number of carbonyl (C=O) groups is 2. The van der Waals surface area contributed by atoms with Gasteiger partial charge in [-0.25, -0.2) is 10.3 Å². The summed E-state index contributed by atoms with van der Waals surface area (Å²) in [5.41, 5.74) is 2.95. The molecule has 0 saturated carbocycles. The number of nitrogens with one attached hydrogen (secondary N) is 1. The molecule has 7 nitrogen and oxygen atoms in total. The lowest BCUT2D eigenvalue weighted by molar-refractivity contribution is -0.124. The number of piperidine rings is 2. The zero-order chi connectivity index (χ0) is 21.8. The Morgan fingerprint density at radius 2 is 1.80 bits per heavy atom. The van der Waals surface area contributed by atoms with E-state index in [1.165, 1.54) is 6.08 Å². The van der Waals surface area contributed by atoms with Crippen molar-refractivity contribution in [3.05, 3.63) is 35.9 Å². The number of para-hydroxylation sites is 1. The first kappa shape index (κ1) is 22.2. The highest BCUT2D eigenvalue weighted by Gasteiger charge is 2.45. The Morgan fingerprint density at radius 1 is 1.10 bits per heavy atom. The SMILES string of the molecule is CC(C)(C)OC(=O)N1CCCCC12CCN(c1ccccc1/C=C/C(=O)NO)CC2. The molecule has 2 heterocycles. The van der Waals surface area contributed by atoms with Gasteiger partial charge in [0.05, 0.1) is 0 Å². The summed E-state index contributed by atoms with van der Waals surface area (Å²) in [5, 5.41) is 8.71. The number of benzene rings is 1. The van der Waals surface area contributed by atoms with Crippen LogP contribution in [0.15, 0.2) is 30.3 Å². The molecule has 2 aliphatic rings. The number of hydrogen-bond acceptors (Lipinski definition) is 5. The van der Waals surface area contributed by atoms with Crippen molar-refractivity contribution < 1.29 is 19.5 Å². The van der Waals surface area contributed by atoms with Crippen LogP contribution in [0.4, 0.5) is 10.5 Å². The predicted octanol–water partition coefficient (Wildman–Crippen LogP) is 3.97. The predicted molar refractivity (Wildman–Crippen MR) is 116 cm³/mol. The molecule has 0 aliphatic carbocycles. The molecule has 30 heavy (non-hydrogen) atoms. The highest BCUT2D eigenvalue weighted by atomic mass is 16.6. The van der Waals surface area contributed by atoms with E-state index in [0.29, 0.717) is 0 Å². The third kappa shape index (κ3) is 5.14. The van der Waals surface area contributed by atoms with Gasteiger partial charge in [0, 0.05) is 36.9 Å². The first-order valence-electron chi connectivity index (χ1n) is 10.7. The number of nitrogens with zero attached hydrogens (tertiary/aromatic N) is 2. The molecule has 1 aromatic rings. The van der Waals surface area contributed by atoms with Gasteiger partial charge >= 0.3 is 6.09 Å². The van der Waals surface area contributed by atoms with E-state index in [1.807, 2.05) is 49.9 Å². The summed E-state index contributed by atoms with van der Waals surface area (Å²) in [4.78, 5) is 28.5. The summed E-state index contributed by atoms with van der Waals surface area (Å²) < 4.78 is 5.71. The zero-order valence-electron chi connectivity index (χ0n) is 18.2. The molecule has 2 fully saturated rings.